The molecule has 27 heavy (non-hydrogen) atoms. The van der Waals surface area contributed by atoms with Gasteiger partial charge >= 0.3 is 0 Å². The topological polar surface area (TPSA) is 109 Å². The molecule has 2 heterocycles. The summed E-state index contributed by atoms with van der Waals surface area (Å²) in [6.45, 7) is 4.69. The lowest BCUT2D eigenvalue weighted by molar-refractivity contribution is -0.133. The van der Waals surface area contributed by atoms with E-state index in [0.717, 1.165) is 11.5 Å². The van der Waals surface area contributed by atoms with Crippen LogP contribution in [0.15, 0.2) is 18.2 Å². The zero-order valence-corrected chi connectivity index (χ0v) is 16.1. The van der Waals surface area contributed by atoms with Crippen LogP contribution in [0.4, 0.5) is 4.39 Å². The van der Waals surface area contributed by atoms with Crippen LogP contribution in [0, 0.1) is 18.2 Å². The number of likely N-dealkylation sites (tertiary alicyclic amines) is 1. The Labute approximate surface area is 161 Å². The van der Waals surface area contributed by atoms with Gasteiger partial charge in [-0.3, -0.25) is 9.59 Å². The maximum absolute atomic E-state index is 13.5. The fourth-order valence-corrected chi connectivity index (χ4v) is 2.55. The molecular formula is C18H21FN4O3S. The van der Waals surface area contributed by atoms with Gasteiger partial charge in [-0.1, -0.05) is 19.8 Å². The van der Waals surface area contributed by atoms with Crippen LogP contribution in [0.2, 0.25) is 0 Å². The van der Waals surface area contributed by atoms with Crippen LogP contribution in [0.3, 0.4) is 0 Å². The standard InChI is InChI=1S/C11H6FN3OS.C5H9NO2.C2H6/c1-2-6-3-4-8(12)7(5-6)10-14-11(9(13)16)17-15-10;1-6-3-2-4(7)5(6)8;1-2/h1,3-5H,(H2,13,16);4,7H,2-3H2,1H3;1-2H3. The van der Waals surface area contributed by atoms with E-state index in [0.29, 0.717) is 18.5 Å². The van der Waals surface area contributed by atoms with Gasteiger partial charge in [0, 0.05) is 19.2 Å². The smallest absolute Gasteiger partial charge is 0.279 e. The Bertz CT molecular complexity index is 835. The van der Waals surface area contributed by atoms with Crippen molar-refractivity contribution in [3.8, 4) is 23.7 Å². The molecule has 7 nitrogen and oxygen atoms in total. The number of halogens is 1. The third-order valence-corrected chi connectivity index (χ3v) is 4.14. The molecule has 1 aliphatic rings. The van der Waals surface area contributed by atoms with Crippen molar-refractivity contribution >= 4 is 23.3 Å². The number of primary amides is 1. The van der Waals surface area contributed by atoms with Gasteiger partial charge in [0.05, 0.1) is 5.56 Å². The Balaban J connectivity index is 0.000000305. The van der Waals surface area contributed by atoms with Gasteiger partial charge in [-0.2, -0.15) is 4.37 Å². The summed E-state index contributed by atoms with van der Waals surface area (Å²) in [7, 11) is 1.69. The largest absolute Gasteiger partial charge is 0.383 e. The Kier molecular flexibility index (Phi) is 8.51. The van der Waals surface area contributed by atoms with Gasteiger partial charge in [-0.25, -0.2) is 9.37 Å². The molecule has 0 spiro atoms. The first-order chi connectivity index (χ1) is 12.8. The van der Waals surface area contributed by atoms with E-state index in [4.69, 9.17) is 17.3 Å². The van der Waals surface area contributed by atoms with Gasteiger partial charge in [0.2, 0.25) is 5.01 Å². The van der Waals surface area contributed by atoms with Gasteiger partial charge < -0.3 is 15.7 Å². The number of terminal acetylenes is 1. The van der Waals surface area contributed by atoms with Crippen LogP contribution in [-0.4, -0.2) is 50.9 Å². The molecule has 1 aromatic heterocycles. The molecule has 1 fully saturated rings. The molecular weight excluding hydrogens is 371 g/mol. The average Bonchev–Trinajstić information content (AvgIpc) is 3.28. The third-order valence-electron chi connectivity index (χ3n) is 3.41. The second-order valence-corrected chi connectivity index (χ2v) is 5.94. The van der Waals surface area contributed by atoms with Gasteiger partial charge in [-0.05, 0) is 36.2 Å². The minimum atomic E-state index is -0.722. The SMILES string of the molecule is C#Cc1ccc(F)c(-c2nsc(C(N)=O)n2)c1.CC.CN1CCC(O)C1=O. The molecule has 1 saturated heterocycles. The van der Waals surface area contributed by atoms with E-state index < -0.39 is 17.8 Å². The number of aliphatic hydroxyl groups excluding tert-OH is 1. The van der Waals surface area contributed by atoms with Crippen LogP contribution in [0.5, 0.6) is 0 Å². The minimum absolute atomic E-state index is 0.0329. The van der Waals surface area contributed by atoms with Crippen molar-refractivity contribution in [2.75, 3.05) is 13.6 Å². The molecule has 1 aromatic carbocycles. The van der Waals surface area contributed by atoms with Crippen molar-refractivity contribution in [2.45, 2.75) is 26.4 Å². The lowest BCUT2D eigenvalue weighted by Crippen LogP contribution is -2.24. The summed E-state index contributed by atoms with van der Waals surface area (Å²) in [5.74, 6) is 1.15. The third kappa shape index (κ3) is 5.84. The number of amides is 2. The fourth-order valence-electron chi connectivity index (χ4n) is 2.02. The highest BCUT2D eigenvalue weighted by atomic mass is 32.1. The van der Waals surface area contributed by atoms with Gasteiger partial charge in [0.15, 0.2) is 5.82 Å². The van der Waals surface area contributed by atoms with E-state index in [9.17, 15) is 14.0 Å². The summed E-state index contributed by atoms with van der Waals surface area (Å²) >= 11 is 0.821. The Morgan fingerprint density at radius 3 is 2.56 bits per heavy atom. The lowest BCUT2D eigenvalue weighted by Gasteiger charge is -2.04. The van der Waals surface area contributed by atoms with Gasteiger partial charge in [-0.15, -0.1) is 6.42 Å². The van der Waals surface area contributed by atoms with Crippen LogP contribution in [0.1, 0.15) is 35.6 Å². The fraction of sp³-hybridized carbons (Fsp3) is 0.333. The van der Waals surface area contributed by atoms with Crippen molar-refractivity contribution in [2.24, 2.45) is 5.73 Å². The van der Waals surface area contributed by atoms with Crippen LogP contribution >= 0.6 is 11.5 Å². The number of nitrogens with zero attached hydrogens (tertiary/aromatic N) is 3. The van der Waals surface area contributed by atoms with E-state index >= 15 is 0 Å². The number of nitrogens with two attached hydrogens (primary N) is 1. The highest BCUT2D eigenvalue weighted by molar-refractivity contribution is 7.07. The van der Waals surface area contributed by atoms with Crippen molar-refractivity contribution in [1.82, 2.24) is 14.3 Å². The molecule has 1 atom stereocenters. The van der Waals surface area contributed by atoms with E-state index in [2.05, 4.69) is 15.3 Å². The highest BCUT2D eigenvalue weighted by Gasteiger charge is 2.26. The van der Waals surface area contributed by atoms with E-state index in [1.807, 2.05) is 13.8 Å². The minimum Gasteiger partial charge on any atom is -0.383 e. The second kappa shape index (κ2) is 10.4. The molecule has 0 saturated carbocycles. The number of rotatable bonds is 2. The number of carbonyl (C=O) groups is 2. The molecule has 0 bridgehead atoms. The summed E-state index contributed by atoms with van der Waals surface area (Å²) in [6.07, 6.45) is 5.09. The number of aliphatic hydroxyl groups is 1. The first-order valence-corrected chi connectivity index (χ1v) is 8.94. The van der Waals surface area contributed by atoms with Crippen LogP contribution in [0.25, 0.3) is 11.4 Å². The predicted molar refractivity (Wildman–Crippen MR) is 101 cm³/mol. The van der Waals surface area contributed by atoms with Crippen LogP contribution in [-0.2, 0) is 4.79 Å². The molecule has 2 amide bonds. The molecule has 9 heteroatoms. The van der Waals surface area contributed by atoms with Crippen molar-refractivity contribution in [3.63, 3.8) is 0 Å². The molecule has 1 aliphatic heterocycles. The summed E-state index contributed by atoms with van der Waals surface area (Å²) in [6, 6.07) is 4.15. The van der Waals surface area contributed by atoms with Crippen molar-refractivity contribution in [1.29, 1.82) is 0 Å². The predicted octanol–water partition coefficient (Wildman–Crippen LogP) is 1.66. The normalized spacial score (nSPS) is 15.2. The number of carbonyl (C=O) groups excluding carboxylic acids is 2. The zero-order chi connectivity index (χ0) is 20.6. The van der Waals surface area contributed by atoms with Crippen molar-refractivity contribution < 1.29 is 19.1 Å². The highest BCUT2D eigenvalue weighted by Crippen LogP contribution is 2.22. The molecule has 3 rings (SSSR count). The second-order valence-electron chi connectivity index (χ2n) is 5.19. The first-order valence-electron chi connectivity index (χ1n) is 8.16. The quantitative estimate of drug-likeness (QED) is 0.756. The molecule has 0 aliphatic carbocycles. The number of benzene rings is 1. The monoisotopic (exact) mass is 392 g/mol. The summed E-state index contributed by atoms with van der Waals surface area (Å²) in [5.41, 5.74) is 5.71. The summed E-state index contributed by atoms with van der Waals surface area (Å²) in [5, 5.41) is 8.81. The molecule has 0 radical (unpaired) electrons. The average molecular weight is 392 g/mol. The van der Waals surface area contributed by atoms with Gasteiger partial charge in [0.1, 0.15) is 11.9 Å². The van der Waals surface area contributed by atoms with E-state index in [1.165, 1.54) is 23.1 Å². The van der Waals surface area contributed by atoms with Crippen molar-refractivity contribution in [3.05, 3.63) is 34.6 Å². The zero-order valence-electron chi connectivity index (χ0n) is 15.3. The van der Waals surface area contributed by atoms with E-state index in [1.54, 1.807) is 7.05 Å². The maximum atomic E-state index is 13.5. The molecule has 3 N–H and O–H groups in total. The first kappa shape index (κ1) is 22.2. The Morgan fingerprint density at radius 1 is 1.48 bits per heavy atom. The maximum Gasteiger partial charge on any atom is 0.279 e. The van der Waals surface area contributed by atoms with Gasteiger partial charge in [0.25, 0.3) is 11.8 Å². The Hall–Kier alpha value is -2.83. The molecule has 1 unspecified atom stereocenters. The van der Waals surface area contributed by atoms with Crippen LogP contribution < -0.4 is 5.73 Å². The summed E-state index contributed by atoms with van der Waals surface area (Å²) in [4.78, 5) is 26.8. The lowest BCUT2D eigenvalue weighted by atomic mass is 10.1. The van der Waals surface area contributed by atoms with E-state index in [-0.39, 0.29) is 22.3 Å². The number of hydrogen-bond donors (Lipinski definition) is 2. The molecule has 2 aromatic rings. The summed E-state index contributed by atoms with van der Waals surface area (Å²) < 4.78 is 17.4. The molecule has 144 valence electrons. The Morgan fingerprint density at radius 2 is 2.15 bits per heavy atom. The number of likely N-dealkylation sites (N-methyl/N-ethyl adjacent to an activating group) is 1. The number of hydrogen-bond acceptors (Lipinski definition) is 6. The number of aromatic nitrogens is 2.